The highest BCUT2D eigenvalue weighted by atomic mass is 16.2. The second-order valence-corrected chi connectivity index (χ2v) is 7.78. The fourth-order valence-electron chi connectivity index (χ4n) is 3.68. The van der Waals surface area contributed by atoms with Gasteiger partial charge in [0.1, 0.15) is 6.54 Å². The minimum absolute atomic E-state index is 0.0800. The molecule has 168 valence electrons. The van der Waals surface area contributed by atoms with Crippen molar-refractivity contribution in [3.05, 3.63) is 66.4 Å². The Kier molecular flexibility index (Phi) is 7.65. The van der Waals surface area contributed by atoms with E-state index in [2.05, 4.69) is 10.6 Å². The van der Waals surface area contributed by atoms with Gasteiger partial charge in [0.15, 0.2) is 0 Å². The van der Waals surface area contributed by atoms with Gasteiger partial charge in [-0.05, 0) is 57.2 Å². The summed E-state index contributed by atoms with van der Waals surface area (Å²) in [5.74, 6) is -0.300. The molecule has 2 N–H and O–H groups in total. The summed E-state index contributed by atoms with van der Waals surface area (Å²) in [5.41, 5.74) is 2.18. The number of likely N-dealkylation sites (N-methyl/N-ethyl adjacent to an activating group) is 1. The number of carbonyl (C=O) groups is 3. The van der Waals surface area contributed by atoms with Gasteiger partial charge in [-0.25, -0.2) is 0 Å². The maximum absolute atomic E-state index is 12.5. The summed E-state index contributed by atoms with van der Waals surface area (Å²) >= 11 is 0. The van der Waals surface area contributed by atoms with Crippen molar-refractivity contribution in [1.29, 1.82) is 0 Å². The predicted octanol–water partition coefficient (Wildman–Crippen LogP) is 3.66. The van der Waals surface area contributed by atoms with E-state index in [9.17, 15) is 14.4 Å². The molecule has 32 heavy (non-hydrogen) atoms. The molecule has 1 atom stereocenters. The van der Waals surface area contributed by atoms with Gasteiger partial charge in [-0.3, -0.25) is 14.4 Å². The molecule has 2 aromatic carbocycles. The van der Waals surface area contributed by atoms with Gasteiger partial charge in [0, 0.05) is 53.9 Å². The normalized spacial score (nSPS) is 11.7. The monoisotopic (exact) mass is 434 g/mol. The molecule has 0 bridgehead atoms. The molecule has 1 unspecified atom stereocenters. The van der Waals surface area contributed by atoms with Gasteiger partial charge in [-0.1, -0.05) is 18.2 Å². The average Bonchev–Trinajstić information content (AvgIpc) is 3.16. The van der Waals surface area contributed by atoms with Gasteiger partial charge in [0.05, 0.1) is 0 Å². The van der Waals surface area contributed by atoms with Crippen molar-refractivity contribution in [2.24, 2.45) is 0 Å². The summed E-state index contributed by atoms with van der Waals surface area (Å²) in [6, 6.07) is 16.2. The third-order valence-corrected chi connectivity index (χ3v) is 5.38. The highest BCUT2D eigenvalue weighted by Gasteiger charge is 2.15. The Labute approximate surface area is 188 Å². The zero-order valence-electron chi connectivity index (χ0n) is 18.8. The van der Waals surface area contributed by atoms with Crippen molar-refractivity contribution >= 4 is 34.3 Å². The smallest absolute Gasteiger partial charge is 0.251 e. The number of carbonyl (C=O) groups excluding carboxylic acids is 3. The summed E-state index contributed by atoms with van der Waals surface area (Å²) in [4.78, 5) is 38.9. The lowest BCUT2D eigenvalue weighted by Gasteiger charge is -2.19. The standard InChI is InChI=1S/C25H30N4O3/c1-4-28(5-2)24(31)17-29-14-13-20-16-21(11-12-22(20)29)27-23(30)15-18(3)26-25(32)19-9-7-6-8-10-19/h6-14,16,18H,4-5,15,17H2,1-3H3,(H,26,32)(H,27,30). The lowest BCUT2D eigenvalue weighted by Crippen LogP contribution is -2.35. The predicted molar refractivity (Wildman–Crippen MR) is 126 cm³/mol. The van der Waals surface area contributed by atoms with E-state index in [4.69, 9.17) is 0 Å². The van der Waals surface area contributed by atoms with Gasteiger partial charge in [-0.15, -0.1) is 0 Å². The number of anilines is 1. The molecule has 1 heterocycles. The number of aromatic nitrogens is 1. The summed E-state index contributed by atoms with van der Waals surface area (Å²) in [7, 11) is 0. The molecule has 0 aliphatic carbocycles. The van der Waals surface area contributed by atoms with Crippen LogP contribution in [0.2, 0.25) is 0 Å². The first-order valence-corrected chi connectivity index (χ1v) is 10.9. The van der Waals surface area contributed by atoms with Crippen molar-refractivity contribution in [3.8, 4) is 0 Å². The second-order valence-electron chi connectivity index (χ2n) is 7.78. The molecule has 3 aromatic rings. The van der Waals surface area contributed by atoms with Crippen LogP contribution in [0.1, 0.15) is 37.6 Å². The Hall–Kier alpha value is -3.61. The van der Waals surface area contributed by atoms with Crippen LogP contribution in [0.5, 0.6) is 0 Å². The maximum Gasteiger partial charge on any atom is 0.251 e. The van der Waals surface area contributed by atoms with E-state index in [1.54, 1.807) is 36.1 Å². The summed E-state index contributed by atoms with van der Waals surface area (Å²) < 4.78 is 1.92. The Balaban J connectivity index is 1.58. The molecule has 0 saturated heterocycles. The Bertz CT molecular complexity index is 1090. The van der Waals surface area contributed by atoms with Crippen molar-refractivity contribution in [1.82, 2.24) is 14.8 Å². The molecule has 7 nitrogen and oxygen atoms in total. The molecule has 0 aliphatic heterocycles. The molecule has 0 radical (unpaired) electrons. The number of benzene rings is 2. The van der Waals surface area contributed by atoms with Crippen LogP contribution in [0.15, 0.2) is 60.8 Å². The van der Waals surface area contributed by atoms with Gasteiger partial charge in [0.25, 0.3) is 5.91 Å². The summed E-state index contributed by atoms with van der Waals surface area (Å²) in [6.07, 6.45) is 2.05. The lowest BCUT2D eigenvalue weighted by molar-refractivity contribution is -0.131. The van der Waals surface area contributed by atoms with E-state index in [1.807, 2.05) is 54.9 Å². The van der Waals surface area contributed by atoms with Crippen LogP contribution >= 0.6 is 0 Å². The summed E-state index contributed by atoms with van der Waals surface area (Å²) in [6.45, 7) is 7.41. The highest BCUT2D eigenvalue weighted by molar-refractivity contribution is 5.96. The van der Waals surface area contributed by atoms with Gasteiger partial charge < -0.3 is 20.1 Å². The molecule has 3 rings (SSSR count). The number of hydrogen-bond acceptors (Lipinski definition) is 3. The van der Waals surface area contributed by atoms with E-state index in [0.717, 1.165) is 10.9 Å². The van der Waals surface area contributed by atoms with E-state index in [-0.39, 0.29) is 36.7 Å². The first kappa shape index (κ1) is 23.1. The molecule has 0 spiro atoms. The van der Waals surface area contributed by atoms with E-state index >= 15 is 0 Å². The largest absolute Gasteiger partial charge is 0.349 e. The highest BCUT2D eigenvalue weighted by Crippen LogP contribution is 2.21. The number of hydrogen-bond donors (Lipinski definition) is 2. The summed E-state index contributed by atoms with van der Waals surface area (Å²) in [5, 5.41) is 6.68. The van der Waals surface area contributed by atoms with E-state index in [1.165, 1.54) is 0 Å². The van der Waals surface area contributed by atoms with Crippen molar-refractivity contribution in [2.75, 3.05) is 18.4 Å². The molecule has 7 heteroatoms. The van der Waals surface area contributed by atoms with Gasteiger partial charge in [0.2, 0.25) is 11.8 Å². The van der Waals surface area contributed by atoms with Gasteiger partial charge >= 0.3 is 0 Å². The van der Waals surface area contributed by atoms with Crippen LogP contribution in [-0.2, 0) is 16.1 Å². The molecule has 1 aromatic heterocycles. The molecular formula is C25H30N4O3. The van der Waals surface area contributed by atoms with Gasteiger partial charge in [-0.2, -0.15) is 0 Å². The minimum Gasteiger partial charge on any atom is -0.349 e. The van der Waals surface area contributed by atoms with Crippen LogP contribution in [0, 0.1) is 0 Å². The van der Waals surface area contributed by atoms with Crippen LogP contribution in [0.4, 0.5) is 5.69 Å². The van der Waals surface area contributed by atoms with Crippen molar-refractivity contribution in [2.45, 2.75) is 39.8 Å². The SMILES string of the molecule is CCN(CC)C(=O)Cn1ccc2cc(NC(=O)CC(C)NC(=O)c3ccccc3)ccc21. The quantitative estimate of drug-likeness (QED) is 0.539. The van der Waals surface area contributed by atoms with E-state index in [0.29, 0.717) is 24.3 Å². The van der Waals surface area contributed by atoms with Crippen LogP contribution in [0.25, 0.3) is 10.9 Å². The number of nitrogens with one attached hydrogen (secondary N) is 2. The lowest BCUT2D eigenvalue weighted by atomic mass is 10.1. The molecule has 0 aliphatic rings. The molecule has 0 saturated carbocycles. The number of nitrogens with zero attached hydrogens (tertiary/aromatic N) is 2. The number of rotatable bonds is 9. The molecular weight excluding hydrogens is 404 g/mol. The van der Waals surface area contributed by atoms with Crippen LogP contribution < -0.4 is 10.6 Å². The maximum atomic E-state index is 12.5. The van der Waals surface area contributed by atoms with Crippen molar-refractivity contribution < 1.29 is 14.4 Å². The minimum atomic E-state index is -0.307. The third kappa shape index (κ3) is 5.75. The van der Waals surface area contributed by atoms with Crippen LogP contribution in [0.3, 0.4) is 0 Å². The molecule has 3 amide bonds. The zero-order valence-corrected chi connectivity index (χ0v) is 18.8. The topological polar surface area (TPSA) is 83.4 Å². The Morgan fingerprint density at radius 2 is 1.72 bits per heavy atom. The van der Waals surface area contributed by atoms with Crippen molar-refractivity contribution in [3.63, 3.8) is 0 Å². The Morgan fingerprint density at radius 3 is 2.41 bits per heavy atom. The van der Waals surface area contributed by atoms with E-state index < -0.39 is 0 Å². The first-order chi connectivity index (χ1) is 15.4. The third-order valence-electron chi connectivity index (χ3n) is 5.38. The zero-order chi connectivity index (χ0) is 23.1. The average molecular weight is 435 g/mol. The molecule has 0 fully saturated rings. The number of fused-ring (bicyclic) bond motifs is 1. The second kappa shape index (κ2) is 10.6. The fraction of sp³-hybridized carbons (Fsp3) is 0.320. The fourth-order valence-corrected chi connectivity index (χ4v) is 3.68. The Morgan fingerprint density at radius 1 is 1.00 bits per heavy atom. The number of amides is 3. The van der Waals surface area contributed by atoms with Crippen LogP contribution in [-0.4, -0.2) is 46.3 Å². The first-order valence-electron chi connectivity index (χ1n) is 10.9.